The van der Waals surface area contributed by atoms with E-state index in [-0.39, 0.29) is 0 Å². The van der Waals surface area contributed by atoms with E-state index in [0.29, 0.717) is 6.61 Å². The van der Waals surface area contributed by atoms with E-state index in [4.69, 9.17) is 4.52 Å². The lowest BCUT2D eigenvalue weighted by Crippen LogP contribution is -1.94. The molecule has 0 heterocycles. The third kappa shape index (κ3) is 3.17. The third-order valence-corrected chi connectivity index (χ3v) is 11.2. The van der Waals surface area contributed by atoms with Crippen molar-refractivity contribution in [3.8, 4) is 0 Å². The minimum atomic E-state index is -1.97. The molecule has 0 radical (unpaired) electrons. The van der Waals surface area contributed by atoms with Crippen LogP contribution in [-0.2, 0) is 9.09 Å². The summed E-state index contributed by atoms with van der Waals surface area (Å²) in [5.74, 6) is 0. The van der Waals surface area contributed by atoms with Crippen molar-refractivity contribution in [3.05, 3.63) is 0 Å². The molecule has 0 amide bonds. The van der Waals surface area contributed by atoms with Crippen molar-refractivity contribution < 1.29 is 9.09 Å². The summed E-state index contributed by atoms with van der Waals surface area (Å²) in [4.78, 5) is 0. The highest BCUT2D eigenvalue weighted by Gasteiger charge is 2.28. The Bertz CT molecular complexity index is 151. The molecule has 1 atom stereocenters. The van der Waals surface area contributed by atoms with Crippen molar-refractivity contribution in [1.82, 2.24) is 0 Å². The molecule has 0 N–H and O–H groups in total. The third-order valence-electron chi connectivity index (χ3n) is 1.94. The summed E-state index contributed by atoms with van der Waals surface area (Å²) in [7, 11) is -0.649. The summed E-state index contributed by atoms with van der Waals surface area (Å²) >= 11 is 0. The van der Waals surface area contributed by atoms with Crippen LogP contribution in [0, 0.1) is 0 Å². The summed E-state index contributed by atoms with van der Waals surface area (Å²) in [6, 6.07) is 0. The molecule has 74 valence electrons. The molecule has 0 aliphatic rings. The molecule has 12 heavy (non-hydrogen) atoms. The molecule has 0 rings (SSSR count). The minimum absolute atomic E-state index is 0.649. The summed E-state index contributed by atoms with van der Waals surface area (Å²) in [5.41, 5.74) is 0. The fourth-order valence-corrected chi connectivity index (χ4v) is 7.84. The first-order valence-electron chi connectivity index (χ1n) is 4.63. The molecule has 0 aliphatic heterocycles. The van der Waals surface area contributed by atoms with E-state index < -0.39 is 14.7 Å². The number of rotatable bonds is 6. The topological polar surface area (TPSA) is 26.3 Å². The van der Waals surface area contributed by atoms with Gasteiger partial charge < -0.3 is 9.09 Å². The van der Waals surface area contributed by atoms with Gasteiger partial charge in [0, 0.05) is 18.9 Å². The average molecular weight is 210 g/mol. The van der Waals surface area contributed by atoms with Crippen molar-refractivity contribution in [2.75, 3.05) is 25.1 Å². The zero-order valence-electron chi connectivity index (χ0n) is 8.54. The molecule has 0 saturated heterocycles. The Balaban J connectivity index is 4.33. The Morgan fingerprint density at radius 1 is 1.17 bits per heavy atom. The van der Waals surface area contributed by atoms with Crippen LogP contribution < -0.4 is 0 Å². The van der Waals surface area contributed by atoms with E-state index in [9.17, 15) is 4.57 Å². The molecule has 0 aromatic rings. The predicted molar refractivity (Wildman–Crippen MR) is 57.8 cm³/mol. The highest BCUT2D eigenvalue weighted by atomic mass is 32.1. The van der Waals surface area contributed by atoms with Gasteiger partial charge in [-0.2, -0.15) is 0 Å². The second-order valence-electron chi connectivity index (χ2n) is 2.56. The van der Waals surface area contributed by atoms with E-state index in [1.54, 1.807) is 0 Å². The molecular weight excluding hydrogens is 190 g/mol. The number of hydrogen-bond acceptors (Lipinski definition) is 2. The summed E-state index contributed by atoms with van der Waals surface area (Å²) in [5, 5.41) is 0. The summed E-state index contributed by atoms with van der Waals surface area (Å²) in [6.45, 7) is 6.79. The SMILES string of the molecule is CCOP(CC)P(=O)(CC)CC. The Labute approximate surface area is 77.2 Å². The van der Waals surface area contributed by atoms with Crippen LogP contribution in [0.4, 0.5) is 0 Å². The molecule has 0 bridgehead atoms. The van der Waals surface area contributed by atoms with Crippen LogP contribution >= 0.6 is 14.7 Å². The molecule has 0 spiro atoms. The zero-order chi connectivity index (χ0) is 9.61. The van der Waals surface area contributed by atoms with Crippen molar-refractivity contribution in [2.45, 2.75) is 27.7 Å². The summed E-state index contributed by atoms with van der Waals surface area (Å²) < 4.78 is 17.7. The fraction of sp³-hybridized carbons (Fsp3) is 1.00. The quantitative estimate of drug-likeness (QED) is 0.624. The van der Waals surface area contributed by atoms with Gasteiger partial charge in [0.1, 0.15) is 6.83 Å². The average Bonchev–Trinajstić information content (AvgIpc) is 2.13. The molecular formula is C8H20O2P2. The summed E-state index contributed by atoms with van der Waals surface area (Å²) in [6.07, 6.45) is 2.52. The van der Waals surface area contributed by atoms with Crippen LogP contribution in [0.5, 0.6) is 0 Å². The van der Waals surface area contributed by atoms with E-state index in [1.165, 1.54) is 0 Å². The lowest BCUT2D eigenvalue weighted by molar-refractivity contribution is 0.384. The fourth-order valence-electron chi connectivity index (χ4n) is 1.14. The zero-order valence-corrected chi connectivity index (χ0v) is 10.3. The maximum atomic E-state index is 12.2. The van der Waals surface area contributed by atoms with Gasteiger partial charge in [-0.1, -0.05) is 20.8 Å². The standard InChI is InChI=1S/C8H20O2P2/c1-5-10-11(6-2)12(9,7-3)8-4/h5-8H2,1-4H3. The normalized spacial score (nSPS) is 14.7. The van der Waals surface area contributed by atoms with E-state index >= 15 is 0 Å². The highest BCUT2D eigenvalue weighted by molar-refractivity contribution is 8.31. The van der Waals surface area contributed by atoms with Gasteiger partial charge in [0.15, 0.2) is 0 Å². The number of hydrogen-bond donors (Lipinski definition) is 0. The Morgan fingerprint density at radius 2 is 1.67 bits per heavy atom. The van der Waals surface area contributed by atoms with Crippen molar-refractivity contribution in [3.63, 3.8) is 0 Å². The van der Waals surface area contributed by atoms with Gasteiger partial charge in [0.05, 0.1) is 7.84 Å². The van der Waals surface area contributed by atoms with E-state index in [1.807, 2.05) is 20.8 Å². The first-order chi connectivity index (χ1) is 5.64. The smallest absolute Gasteiger partial charge is 0.133 e. The minimum Gasteiger partial charge on any atom is -0.352 e. The first-order valence-corrected chi connectivity index (χ1v) is 8.86. The molecule has 4 heteroatoms. The molecule has 0 saturated carbocycles. The largest absolute Gasteiger partial charge is 0.352 e. The van der Waals surface area contributed by atoms with Crippen LogP contribution in [0.15, 0.2) is 0 Å². The van der Waals surface area contributed by atoms with Gasteiger partial charge in [-0.3, -0.25) is 0 Å². The molecule has 2 nitrogen and oxygen atoms in total. The maximum Gasteiger partial charge on any atom is 0.133 e. The van der Waals surface area contributed by atoms with Crippen LogP contribution in [0.2, 0.25) is 0 Å². The van der Waals surface area contributed by atoms with Crippen LogP contribution in [0.25, 0.3) is 0 Å². The predicted octanol–water partition coefficient (Wildman–Crippen LogP) is 3.76. The van der Waals surface area contributed by atoms with Gasteiger partial charge in [0.25, 0.3) is 0 Å². The molecule has 0 aliphatic carbocycles. The maximum absolute atomic E-state index is 12.2. The highest BCUT2D eigenvalue weighted by Crippen LogP contribution is 2.75. The van der Waals surface area contributed by atoms with Gasteiger partial charge in [-0.15, -0.1) is 0 Å². The Morgan fingerprint density at radius 3 is 1.92 bits per heavy atom. The van der Waals surface area contributed by atoms with Gasteiger partial charge in [-0.25, -0.2) is 0 Å². The Kier molecular flexibility index (Phi) is 6.45. The van der Waals surface area contributed by atoms with E-state index in [0.717, 1.165) is 18.5 Å². The molecule has 0 aromatic carbocycles. The van der Waals surface area contributed by atoms with Crippen molar-refractivity contribution in [1.29, 1.82) is 0 Å². The van der Waals surface area contributed by atoms with Crippen LogP contribution in [0.1, 0.15) is 27.7 Å². The lowest BCUT2D eigenvalue weighted by Gasteiger charge is -2.23. The molecule has 0 aromatic heterocycles. The van der Waals surface area contributed by atoms with Crippen molar-refractivity contribution >= 4 is 14.7 Å². The second-order valence-corrected chi connectivity index (χ2v) is 10.6. The van der Waals surface area contributed by atoms with Gasteiger partial charge >= 0.3 is 0 Å². The van der Waals surface area contributed by atoms with Gasteiger partial charge in [0.2, 0.25) is 0 Å². The molecule has 1 unspecified atom stereocenters. The monoisotopic (exact) mass is 210 g/mol. The van der Waals surface area contributed by atoms with Gasteiger partial charge in [-0.05, 0) is 13.1 Å². The lowest BCUT2D eigenvalue weighted by atomic mass is 10.9. The van der Waals surface area contributed by atoms with E-state index in [2.05, 4.69) is 6.92 Å². The first kappa shape index (κ1) is 12.6. The van der Waals surface area contributed by atoms with Crippen molar-refractivity contribution in [2.24, 2.45) is 0 Å². The van der Waals surface area contributed by atoms with Crippen LogP contribution in [0.3, 0.4) is 0 Å². The Hall–Kier alpha value is 0.620. The second kappa shape index (κ2) is 6.13. The van der Waals surface area contributed by atoms with Crippen LogP contribution in [-0.4, -0.2) is 25.1 Å². The molecule has 0 fully saturated rings.